The molecule has 3 heteroatoms. The van der Waals surface area contributed by atoms with Crippen molar-refractivity contribution in [2.24, 2.45) is 0 Å². The molecule has 0 spiro atoms. The van der Waals surface area contributed by atoms with Gasteiger partial charge in [0.1, 0.15) is 0 Å². The van der Waals surface area contributed by atoms with Crippen LogP contribution in [0.15, 0.2) is 0 Å². The summed E-state index contributed by atoms with van der Waals surface area (Å²) in [6.07, 6.45) is 22.8. The topological polar surface area (TPSA) is 18.5 Å². The predicted octanol–water partition coefficient (Wildman–Crippen LogP) is 8.78. The largest absolute Gasteiger partial charge is 0.394 e. The Morgan fingerprint density at radius 3 is 1.07 bits per heavy atom. The molecule has 164 valence electrons. The summed E-state index contributed by atoms with van der Waals surface area (Å²) < 4.78 is 12.1. The Morgan fingerprint density at radius 2 is 0.778 bits per heavy atom. The van der Waals surface area contributed by atoms with Crippen LogP contribution in [-0.4, -0.2) is 21.8 Å². The van der Waals surface area contributed by atoms with E-state index in [1.807, 2.05) is 0 Å². The Bertz CT molecular complexity index is 278. The third-order valence-corrected chi connectivity index (χ3v) is 9.59. The van der Waals surface area contributed by atoms with Crippen LogP contribution in [0, 0.1) is 0 Å². The van der Waals surface area contributed by atoms with E-state index >= 15 is 0 Å². The van der Waals surface area contributed by atoms with Crippen molar-refractivity contribution in [3.8, 4) is 0 Å². The monoisotopic (exact) mass is 400 g/mol. The molecule has 0 aliphatic heterocycles. The Hall–Kier alpha value is 0.137. The maximum absolute atomic E-state index is 6.06. The maximum Gasteiger partial charge on any atom is 0.337 e. The number of hydrogen-bond acceptors (Lipinski definition) is 2. The molecule has 0 aromatic rings. The minimum absolute atomic E-state index is 0.804. The van der Waals surface area contributed by atoms with Crippen molar-refractivity contribution >= 4 is 8.56 Å². The van der Waals surface area contributed by atoms with E-state index in [1.165, 1.54) is 109 Å². The molecule has 0 amide bonds. The second-order valence-corrected chi connectivity index (χ2v) is 11.8. The van der Waals surface area contributed by atoms with Crippen LogP contribution in [0.25, 0.3) is 0 Å². The van der Waals surface area contributed by atoms with Gasteiger partial charge in [-0.05, 0) is 25.9 Å². The predicted molar refractivity (Wildman–Crippen MR) is 124 cm³/mol. The SMILES string of the molecule is CCCCCCCCCCCCCCCCCC[Si](CC)(OCC)OCC. The normalized spacial score (nSPS) is 12.0. The van der Waals surface area contributed by atoms with E-state index in [9.17, 15) is 0 Å². The molecule has 0 N–H and O–H groups in total. The van der Waals surface area contributed by atoms with Gasteiger partial charge in [-0.2, -0.15) is 0 Å². The van der Waals surface area contributed by atoms with Gasteiger partial charge >= 0.3 is 8.56 Å². The van der Waals surface area contributed by atoms with Crippen LogP contribution in [-0.2, 0) is 8.85 Å². The lowest BCUT2D eigenvalue weighted by atomic mass is 10.0. The van der Waals surface area contributed by atoms with Crippen molar-refractivity contribution in [1.29, 1.82) is 0 Å². The van der Waals surface area contributed by atoms with Gasteiger partial charge in [0.25, 0.3) is 0 Å². The van der Waals surface area contributed by atoms with Crippen LogP contribution in [0.1, 0.15) is 130 Å². The van der Waals surface area contributed by atoms with E-state index in [-0.39, 0.29) is 0 Å². The van der Waals surface area contributed by atoms with Gasteiger partial charge in [-0.25, -0.2) is 0 Å². The zero-order chi connectivity index (χ0) is 20.1. The Labute approximate surface area is 173 Å². The summed E-state index contributed by atoms with van der Waals surface area (Å²) in [6.45, 7) is 10.3. The Balaban J connectivity index is 3.37. The van der Waals surface area contributed by atoms with E-state index < -0.39 is 8.56 Å². The fourth-order valence-corrected chi connectivity index (χ4v) is 7.01. The second kappa shape index (κ2) is 20.9. The van der Waals surface area contributed by atoms with Crippen LogP contribution in [0.3, 0.4) is 0 Å². The van der Waals surface area contributed by atoms with Gasteiger partial charge in [-0.15, -0.1) is 0 Å². The fourth-order valence-electron chi connectivity index (χ4n) is 4.04. The van der Waals surface area contributed by atoms with Crippen LogP contribution in [0.2, 0.25) is 12.1 Å². The van der Waals surface area contributed by atoms with Crippen molar-refractivity contribution in [3.05, 3.63) is 0 Å². The summed E-state index contributed by atoms with van der Waals surface area (Å²) in [4.78, 5) is 0. The average Bonchev–Trinajstić information content (AvgIpc) is 2.68. The van der Waals surface area contributed by atoms with Gasteiger partial charge in [0, 0.05) is 13.2 Å². The maximum atomic E-state index is 6.06. The Kier molecular flexibility index (Phi) is 21.0. The Morgan fingerprint density at radius 1 is 0.444 bits per heavy atom. The molecule has 0 unspecified atom stereocenters. The lowest BCUT2D eigenvalue weighted by Gasteiger charge is -2.28. The third kappa shape index (κ3) is 16.8. The molecule has 0 atom stereocenters. The molecule has 0 aromatic carbocycles. The highest BCUT2D eigenvalue weighted by Crippen LogP contribution is 2.23. The molecular weight excluding hydrogens is 348 g/mol. The highest BCUT2D eigenvalue weighted by Gasteiger charge is 2.33. The molecule has 0 saturated carbocycles. The summed E-state index contributed by atoms with van der Waals surface area (Å²) >= 11 is 0. The standard InChI is InChI=1S/C24H52O2Si/c1-5-9-10-11-12-13-14-15-16-17-18-19-20-21-22-23-24-27(8-4,25-6-2)26-7-3/h5-24H2,1-4H3. The summed E-state index contributed by atoms with van der Waals surface area (Å²) in [6, 6.07) is 2.27. The molecular formula is C24H52O2Si. The highest BCUT2D eigenvalue weighted by molar-refractivity contribution is 6.67. The first kappa shape index (κ1) is 27.1. The summed E-state index contributed by atoms with van der Waals surface area (Å²) in [5, 5.41) is 0. The van der Waals surface area contributed by atoms with Gasteiger partial charge < -0.3 is 8.85 Å². The molecule has 0 aliphatic rings. The smallest absolute Gasteiger partial charge is 0.337 e. The first-order valence-electron chi connectivity index (χ1n) is 12.5. The molecule has 0 saturated heterocycles. The second-order valence-electron chi connectivity index (χ2n) is 8.18. The average molecular weight is 401 g/mol. The van der Waals surface area contributed by atoms with Crippen molar-refractivity contribution < 1.29 is 8.85 Å². The van der Waals surface area contributed by atoms with E-state index in [0.29, 0.717) is 0 Å². The lowest BCUT2D eigenvalue weighted by molar-refractivity contribution is 0.182. The minimum atomic E-state index is -1.88. The highest BCUT2D eigenvalue weighted by atomic mass is 28.4. The van der Waals surface area contributed by atoms with Crippen LogP contribution in [0.5, 0.6) is 0 Å². The van der Waals surface area contributed by atoms with Crippen molar-refractivity contribution in [3.63, 3.8) is 0 Å². The van der Waals surface area contributed by atoms with E-state index in [2.05, 4.69) is 27.7 Å². The molecule has 0 fully saturated rings. The van der Waals surface area contributed by atoms with Gasteiger partial charge in [0.2, 0.25) is 0 Å². The summed E-state index contributed by atoms with van der Waals surface area (Å²) in [5.74, 6) is 0. The molecule has 27 heavy (non-hydrogen) atoms. The van der Waals surface area contributed by atoms with E-state index in [4.69, 9.17) is 8.85 Å². The van der Waals surface area contributed by atoms with E-state index in [0.717, 1.165) is 19.3 Å². The summed E-state index contributed by atoms with van der Waals surface area (Å²) in [7, 11) is -1.88. The number of hydrogen-bond donors (Lipinski definition) is 0. The molecule has 0 rings (SSSR count). The molecule has 2 nitrogen and oxygen atoms in total. The molecule has 0 radical (unpaired) electrons. The van der Waals surface area contributed by atoms with Crippen LogP contribution >= 0.6 is 0 Å². The van der Waals surface area contributed by atoms with Gasteiger partial charge in [-0.1, -0.05) is 117 Å². The quantitative estimate of drug-likeness (QED) is 0.133. The lowest BCUT2D eigenvalue weighted by Crippen LogP contribution is -2.41. The van der Waals surface area contributed by atoms with Crippen molar-refractivity contribution in [2.75, 3.05) is 13.2 Å². The first-order valence-corrected chi connectivity index (χ1v) is 14.8. The van der Waals surface area contributed by atoms with Gasteiger partial charge in [0.05, 0.1) is 0 Å². The minimum Gasteiger partial charge on any atom is -0.394 e. The van der Waals surface area contributed by atoms with Crippen molar-refractivity contribution in [2.45, 2.75) is 143 Å². The number of rotatable bonds is 22. The van der Waals surface area contributed by atoms with Gasteiger partial charge in [0.15, 0.2) is 0 Å². The van der Waals surface area contributed by atoms with Crippen molar-refractivity contribution in [1.82, 2.24) is 0 Å². The molecule has 0 aliphatic carbocycles. The van der Waals surface area contributed by atoms with Crippen LogP contribution < -0.4 is 0 Å². The zero-order valence-corrected chi connectivity index (χ0v) is 20.5. The zero-order valence-electron chi connectivity index (χ0n) is 19.5. The van der Waals surface area contributed by atoms with E-state index in [1.54, 1.807) is 0 Å². The third-order valence-electron chi connectivity index (χ3n) is 5.76. The fraction of sp³-hybridized carbons (Fsp3) is 1.00. The first-order chi connectivity index (χ1) is 13.2. The molecule has 0 bridgehead atoms. The molecule has 0 aromatic heterocycles. The van der Waals surface area contributed by atoms with Crippen LogP contribution in [0.4, 0.5) is 0 Å². The molecule has 0 heterocycles. The summed E-state index contributed by atoms with van der Waals surface area (Å²) in [5.41, 5.74) is 0. The number of unbranched alkanes of at least 4 members (excludes halogenated alkanes) is 15. The van der Waals surface area contributed by atoms with Gasteiger partial charge in [-0.3, -0.25) is 0 Å².